The Bertz CT molecular complexity index is 657. The van der Waals surface area contributed by atoms with Crippen LogP contribution in [-0.4, -0.2) is 82.9 Å². The number of pyridine rings is 1. The van der Waals surface area contributed by atoms with Crippen molar-refractivity contribution in [2.24, 2.45) is 0 Å². The van der Waals surface area contributed by atoms with Crippen LogP contribution in [0.3, 0.4) is 0 Å². The largest absolute Gasteiger partial charge is 0.480 e. The van der Waals surface area contributed by atoms with Crippen molar-refractivity contribution in [2.75, 3.05) is 37.6 Å². The van der Waals surface area contributed by atoms with Crippen LogP contribution in [0, 0.1) is 5.41 Å². The van der Waals surface area contributed by atoms with Crippen molar-refractivity contribution >= 4 is 18.0 Å². The van der Waals surface area contributed by atoms with Crippen LogP contribution in [0.15, 0.2) is 18.3 Å². The second-order valence-corrected chi connectivity index (χ2v) is 8.04. The van der Waals surface area contributed by atoms with Gasteiger partial charge >= 0.3 is 5.97 Å². The fourth-order valence-corrected chi connectivity index (χ4v) is 4.66. The molecule has 2 fully saturated rings. The van der Waals surface area contributed by atoms with Crippen molar-refractivity contribution in [3.63, 3.8) is 0 Å². The number of aliphatic carboxylic acids is 1. The smallest absolute Gasteiger partial charge is 0.320 e. The molecule has 7 heteroatoms. The maximum Gasteiger partial charge on any atom is 0.320 e. The molecule has 3 rings (SSSR count). The third-order valence-electron chi connectivity index (χ3n) is 6.20. The minimum atomic E-state index is -0.677. The van der Waals surface area contributed by atoms with E-state index in [1.165, 1.54) is 6.21 Å². The molecule has 2 aliphatic heterocycles. The van der Waals surface area contributed by atoms with Crippen LogP contribution in [-0.2, 0) is 4.79 Å². The van der Waals surface area contributed by atoms with Crippen molar-refractivity contribution in [3.8, 4) is 0 Å². The molecular formula is C21H33N5O2. The monoisotopic (exact) mass is 387 g/mol. The number of piperidine rings is 1. The number of rotatable bonds is 7. The highest BCUT2D eigenvalue weighted by Gasteiger charge is 2.34. The zero-order valence-electron chi connectivity index (χ0n) is 17.0. The van der Waals surface area contributed by atoms with Gasteiger partial charge in [-0.3, -0.25) is 14.6 Å². The van der Waals surface area contributed by atoms with E-state index in [2.05, 4.69) is 33.5 Å². The maximum atomic E-state index is 11.6. The normalized spacial score (nSPS) is 23.5. The molecule has 2 saturated heterocycles. The third kappa shape index (κ3) is 4.70. The van der Waals surface area contributed by atoms with Crippen LogP contribution in [0.4, 0.5) is 5.82 Å². The zero-order chi connectivity index (χ0) is 20.1. The summed E-state index contributed by atoms with van der Waals surface area (Å²) in [5, 5.41) is 16.8. The van der Waals surface area contributed by atoms with Crippen molar-refractivity contribution in [1.82, 2.24) is 14.8 Å². The Kier molecular flexibility index (Phi) is 7.02. The van der Waals surface area contributed by atoms with Gasteiger partial charge in [0.15, 0.2) is 0 Å². The van der Waals surface area contributed by atoms with Crippen molar-refractivity contribution < 1.29 is 9.90 Å². The Hall–Kier alpha value is -1.99. The molecule has 2 aliphatic rings. The van der Waals surface area contributed by atoms with Crippen LogP contribution in [0.2, 0.25) is 0 Å². The van der Waals surface area contributed by atoms with Gasteiger partial charge in [-0.05, 0) is 38.3 Å². The first-order chi connectivity index (χ1) is 13.5. The van der Waals surface area contributed by atoms with Crippen LogP contribution in [0.25, 0.3) is 0 Å². The molecule has 0 aromatic carbocycles. The molecule has 7 nitrogen and oxygen atoms in total. The molecule has 0 radical (unpaired) electrons. The van der Waals surface area contributed by atoms with E-state index >= 15 is 0 Å². The first kappa shape index (κ1) is 20.7. The highest BCUT2D eigenvalue weighted by atomic mass is 16.4. The molecule has 154 valence electrons. The average Bonchev–Trinajstić information content (AvgIpc) is 2.72. The minimum Gasteiger partial charge on any atom is -0.480 e. The van der Waals surface area contributed by atoms with Gasteiger partial charge in [-0.25, -0.2) is 4.98 Å². The number of carboxylic acids is 1. The summed E-state index contributed by atoms with van der Waals surface area (Å²) < 4.78 is 0. The number of aromatic nitrogens is 1. The Morgan fingerprint density at radius 3 is 2.61 bits per heavy atom. The Balaban J connectivity index is 1.53. The maximum absolute atomic E-state index is 11.6. The summed E-state index contributed by atoms with van der Waals surface area (Å²) in [6.07, 6.45) is 6.81. The number of carboxylic acid groups (broad SMARTS) is 1. The molecule has 0 amide bonds. The van der Waals surface area contributed by atoms with Gasteiger partial charge in [0.2, 0.25) is 0 Å². The predicted octanol–water partition coefficient (Wildman–Crippen LogP) is 2.31. The van der Waals surface area contributed by atoms with Gasteiger partial charge in [-0.2, -0.15) is 0 Å². The van der Waals surface area contributed by atoms with Gasteiger partial charge in [-0.15, -0.1) is 0 Å². The van der Waals surface area contributed by atoms with Gasteiger partial charge in [-0.1, -0.05) is 13.3 Å². The molecular weight excluding hydrogens is 354 g/mol. The molecule has 2 unspecified atom stereocenters. The lowest BCUT2D eigenvalue weighted by Gasteiger charge is -2.47. The van der Waals surface area contributed by atoms with Crippen LogP contribution in [0.1, 0.15) is 45.1 Å². The van der Waals surface area contributed by atoms with E-state index in [0.29, 0.717) is 12.1 Å². The molecule has 0 bridgehead atoms. The summed E-state index contributed by atoms with van der Waals surface area (Å²) in [5.74, 6) is 0.305. The van der Waals surface area contributed by atoms with E-state index in [-0.39, 0.29) is 6.04 Å². The summed E-state index contributed by atoms with van der Waals surface area (Å²) in [6.45, 7) is 9.00. The van der Waals surface area contributed by atoms with Crippen molar-refractivity contribution in [2.45, 2.75) is 57.7 Å². The number of carbonyl (C=O) groups is 1. The number of likely N-dealkylation sites (tertiary alicyclic amines) is 1. The molecule has 0 saturated carbocycles. The van der Waals surface area contributed by atoms with E-state index in [4.69, 9.17) is 5.41 Å². The number of piperazine rings is 1. The van der Waals surface area contributed by atoms with Crippen LogP contribution in [0.5, 0.6) is 0 Å². The van der Waals surface area contributed by atoms with Gasteiger partial charge < -0.3 is 15.4 Å². The lowest BCUT2D eigenvalue weighted by molar-refractivity contribution is -0.144. The molecule has 0 aliphatic carbocycles. The number of hydrogen-bond acceptors (Lipinski definition) is 6. The van der Waals surface area contributed by atoms with Crippen LogP contribution < -0.4 is 4.90 Å². The second kappa shape index (κ2) is 9.47. The van der Waals surface area contributed by atoms with E-state index in [0.717, 1.165) is 69.8 Å². The summed E-state index contributed by atoms with van der Waals surface area (Å²) in [7, 11) is 0. The number of hydrogen-bond donors (Lipinski definition) is 2. The summed E-state index contributed by atoms with van der Waals surface area (Å²) in [6, 6.07) is 4.60. The lowest BCUT2D eigenvalue weighted by atomic mass is 9.97. The van der Waals surface area contributed by atoms with Crippen molar-refractivity contribution in [3.05, 3.63) is 23.9 Å². The Labute approximate surface area is 167 Å². The number of nitrogens with one attached hydrogen (secondary N) is 1. The molecule has 1 aromatic rings. The average molecular weight is 388 g/mol. The first-order valence-electron chi connectivity index (χ1n) is 10.5. The first-order valence-corrected chi connectivity index (χ1v) is 10.5. The molecule has 28 heavy (non-hydrogen) atoms. The van der Waals surface area contributed by atoms with Gasteiger partial charge in [0, 0.05) is 62.8 Å². The van der Waals surface area contributed by atoms with Crippen molar-refractivity contribution in [1.29, 1.82) is 5.41 Å². The van der Waals surface area contributed by atoms with E-state index < -0.39 is 5.97 Å². The molecule has 3 heterocycles. The summed E-state index contributed by atoms with van der Waals surface area (Å²) >= 11 is 0. The quantitative estimate of drug-likeness (QED) is 0.699. The highest BCUT2D eigenvalue weighted by molar-refractivity contribution is 5.76. The number of anilines is 1. The number of nitrogens with zero attached hydrogens (tertiary/aromatic N) is 4. The second-order valence-electron chi connectivity index (χ2n) is 8.04. The van der Waals surface area contributed by atoms with E-state index in [9.17, 15) is 9.90 Å². The van der Waals surface area contributed by atoms with E-state index in [1.807, 2.05) is 12.1 Å². The molecule has 0 spiro atoms. The highest BCUT2D eigenvalue weighted by Crippen LogP contribution is 2.25. The molecule has 2 N–H and O–H groups in total. The topological polar surface area (TPSA) is 83.8 Å². The summed E-state index contributed by atoms with van der Waals surface area (Å²) in [5.41, 5.74) is 0.824. The van der Waals surface area contributed by atoms with Gasteiger partial charge in [0.25, 0.3) is 0 Å². The van der Waals surface area contributed by atoms with Crippen LogP contribution >= 0.6 is 0 Å². The summed E-state index contributed by atoms with van der Waals surface area (Å²) in [4.78, 5) is 23.2. The lowest BCUT2D eigenvalue weighted by Crippen LogP contribution is -2.58. The fourth-order valence-electron chi connectivity index (χ4n) is 4.66. The van der Waals surface area contributed by atoms with Gasteiger partial charge in [0.1, 0.15) is 11.9 Å². The fraction of sp³-hybridized carbons (Fsp3) is 0.667. The standard InChI is InChI=1S/C21H33N5O2/c1-3-4-19(21(27)28)24-9-7-18(8-10-24)26-12-11-25(15-16(26)2)20-6-5-17(13-22)14-23-20/h5-6,13-14,16,18-19,22H,3-4,7-12,15H2,1-2H3,(H,27,28). The molecule has 1 aromatic heterocycles. The third-order valence-corrected chi connectivity index (χ3v) is 6.20. The Morgan fingerprint density at radius 1 is 1.32 bits per heavy atom. The predicted molar refractivity (Wildman–Crippen MR) is 111 cm³/mol. The Morgan fingerprint density at radius 2 is 2.07 bits per heavy atom. The van der Waals surface area contributed by atoms with E-state index in [1.54, 1.807) is 6.20 Å². The zero-order valence-corrected chi connectivity index (χ0v) is 17.0. The SMILES string of the molecule is CCCC(C(=O)O)N1CCC(N2CCN(c3ccc(C=N)cn3)CC2C)CC1. The minimum absolute atomic E-state index is 0.324. The molecule has 2 atom stereocenters. The van der Waals surface area contributed by atoms with Gasteiger partial charge in [0.05, 0.1) is 0 Å².